The molecule has 1 amide bonds. The van der Waals surface area contributed by atoms with Gasteiger partial charge in [-0.1, -0.05) is 12.1 Å². The number of aromatic amines is 1. The van der Waals surface area contributed by atoms with E-state index in [1.165, 1.54) is 12.3 Å². The van der Waals surface area contributed by atoms with Gasteiger partial charge in [0.05, 0.1) is 36.4 Å². The summed E-state index contributed by atoms with van der Waals surface area (Å²) in [6.07, 6.45) is -5.44. The molecule has 0 aliphatic rings. The van der Waals surface area contributed by atoms with Crippen LogP contribution < -0.4 is 0 Å². The zero-order valence-corrected chi connectivity index (χ0v) is 12.0. The molecule has 0 radical (unpaired) electrons. The van der Waals surface area contributed by atoms with Gasteiger partial charge in [-0.05, 0) is 6.07 Å². The fraction of sp³-hybridized carbons (Fsp3) is 0.429. The van der Waals surface area contributed by atoms with Crippen molar-refractivity contribution >= 4 is 16.8 Å². The lowest BCUT2D eigenvalue weighted by atomic mass is 10.1. The smallest absolute Gasteiger partial charge is 0.390 e. The maximum atomic E-state index is 12.5. The SMILES string of the molecule is O=C(c1cccc2cn[nH]c12)N(CCC(F)(F)F)C[C@H](O)CO. The zero-order valence-electron chi connectivity index (χ0n) is 12.0. The van der Waals surface area contributed by atoms with Crippen molar-refractivity contribution in [3.05, 3.63) is 30.0 Å². The van der Waals surface area contributed by atoms with E-state index in [0.29, 0.717) is 10.9 Å². The van der Waals surface area contributed by atoms with Crippen molar-refractivity contribution < 1.29 is 28.2 Å². The molecule has 0 spiro atoms. The summed E-state index contributed by atoms with van der Waals surface area (Å²) in [4.78, 5) is 13.4. The average molecular weight is 331 g/mol. The van der Waals surface area contributed by atoms with Gasteiger partial charge in [0.1, 0.15) is 0 Å². The summed E-state index contributed by atoms with van der Waals surface area (Å²) in [5, 5.41) is 25.4. The van der Waals surface area contributed by atoms with Gasteiger partial charge in [0.2, 0.25) is 0 Å². The van der Waals surface area contributed by atoms with Crippen LogP contribution >= 0.6 is 0 Å². The Kier molecular flexibility index (Phi) is 5.22. The van der Waals surface area contributed by atoms with E-state index in [9.17, 15) is 23.1 Å². The van der Waals surface area contributed by atoms with E-state index in [0.717, 1.165) is 4.90 Å². The topological polar surface area (TPSA) is 89.5 Å². The number of alkyl halides is 3. The molecule has 9 heteroatoms. The zero-order chi connectivity index (χ0) is 17.0. The maximum absolute atomic E-state index is 12.5. The normalized spacial score (nSPS) is 13.3. The van der Waals surface area contributed by atoms with E-state index >= 15 is 0 Å². The molecule has 1 aromatic carbocycles. The molecule has 23 heavy (non-hydrogen) atoms. The van der Waals surface area contributed by atoms with Gasteiger partial charge in [0, 0.05) is 18.5 Å². The summed E-state index contributed by atoms with van der Waals surface area (Å²) >= 11 is 0. The number of nitrogens with zero attached hydrogens (tertiary/aromatic N) is 2. The van der Waals surface area contributed by atoms with Gasteiger partial charge in [0.25, 0.3) is 5.91 Å². The van der Waals surface area contributed by atoms with Gasteiger partial charge >= 0.3 is 6.18 Å². The van der Waals surface area contributed by atoms with E-state index in [4.69, 9.17) is 5.11 Å². The highest BCUT2D eigenvalue weighted by molar-refractivity contribution is 6.05. The van der Waals surface area contributed by atoms with Crippen LogP contribution in [0, 0.1) is 0 Å². The van der Waals surface area contributed by atoms with Crippen LogP contribution in [0.1, 0.15) is 16.8 Å². The van der Waals surface area contributed by atoms with Gasteiger partial charge in [-0.25, -0.2) is 0 Å². The van der Waals surface area contributed by atoms with Crippen LogP contribution in [0.5, 0.6) is 0 Å². The number of H-pyrrole nitrogens is 1. The molecule has 1 aromatic heterocycles. The standard InChI is InChI=1S/C14H16F3N3O3/c15-14(16,17)4-5-20(7-10(22)8-21)13(23)11-3-1-2-9-6-18-19-12(9)11/h1-3,6,10,21-22H,4-5,7-8H2,(H,18,19)/t10-/m0/s1. The van der Waals surface area contributed by atoms with Crippen LogP contribution in [0.3, 0.4) is 0 Å². The highest BCUT2D eigenvalue weighted by Gasteiger charge is 2.30. The number of amides is 1. The molecule has 0 saturated heterocycles. The lowest BCUT2D eigenvalue weighted by molar-refractivity contribution is -0.137. The highest BCUT2D eigenvalue weighted by atomic mass is 19.4. The van der Waals surface area contributed by atoms with Gasteiger partial charge in [-0.3, -0.25) is 9.89 Å². The van der Waals surface area contributed by atoms with Crippen LogP contribution in [0.4, 0.5) is 13.2 Å². The number of halogens is 3. The number of carbonyl (C=O) groups is 1. The fourth-order valence-corrected chi connectivity index (χ4v) is 2.17. The Morgan fingerprint density at radius 1 is 1.39 bits per heavy atom. The third-order valence-corrected chi connectivity index (χ3v) is 3.30. The van der Waals surface area contributed by atoms with Crippen molar-refractivity contribution in [3.63, 3.8) is 0 Å². The van der Waals surface area contributed by atoms with Gasteiger partial charge in [0.15, 0.2) is 0 Å². The van der Waals surface area contributed by atoms with Gasteiger partial charge in [-0.15, -0.1) is 0 Å². The van der Waals surface area contributed by atoms with Gasteiger partial charge in [-0.2, -0.15) is 18.3 Å². The number of benzene rings is 1. The molecule has 0 fully saturated rings. The molecule has 126 valence electrons. The minimum atomic E-state index is -4.43. The number of rotatable bonds is 6. The molecular formula is C14H16F3N3O3. The molecule has 2 rings (SSSR count). The van der Waals surface area contributed by atoms with Crippen molar-refractivity contribution in [1.82, 2.24) is 15.1 Å². The molecule has 0 bridgehead atoms. The number of hydrogen-bond donors (Lipinski definition) is 3. The van der Waals surface area contributed by atoms with Crippen molar-refractivity contribution in [1.29, 1.82) is 0 Å². The first kappa shape index (κ1) is 17.2. The third-order valence-electron chi connectivity index (χ3n) is 3.30. The summed E-state index contributed by atoms with van der Waals surface area (Å²) in [6.45, 7) is -1.65. The Balaban J connectivity index is 2.26. The van der Waals surface area contributed by atoms with Crippen molar-refractivity contribution in [2.24, 2.45) is 0 Å². The van der Waals surface area contributed by atoms with Crippen LogP contribution in [-0.4, -0.2) is 63.2 Å². The second kappa shape index (κ2) is 6.97. The minimum absolute atomic E-state index is 0.160. The van der Waals surface area contributed by atoms with E-state index < -0.39 is 44.3 Å². The Labute approximate surface area is 129 Å². The largest absolute Gasteiger partial charge is 0.394 e. The van der Waals surface area contributed by atoms with Gasteiger partial charge < -0.3 is 15.1 Å². The molecule has 0 unspecified atom stereocenters. The monoisotopic (exact) mass is 331 g/mol. The molecule has 1 atom stereocenters. The number of carbonyl (C=O) groups excluding carboxylic acids is 1. The van der Waals surface area contributed by atoms with Crippen LogP contribution in [0.25, 0.3) is 10.9 Å². The Morgan fingerprint density at radius 3 is 2.78 bits per heavy atom. The summed E-state index contributed by atoms with van der Waals surface area (Å²) in [5.41, 5.74) is 0.570. The summed E-state index contributed by atoms with van der Waals surface area (Å²) in [6, 6.07) is 4.77. The molecule has 2 aromatic rings. The number of nitrogens with one attached hydrogen (secondary N) is 1. The van der Waals surface area contributed by atoms with E-state index in [1.54, 1.807) is 12.1 Å². The first-order chi connectivity index (χ1) is 10.8. The number of fused-ring (bicyclic) bond motifs is 1. The maximum Gasteiger partial charge on any atom is 0.390 e. The van der Waals surface area contributed by atoms with E-state index in [1.807, 2.05) is 0 Å². The second-order valence-corrected chi connectivity index (χ2v) is 5.09. The number of hydrogen-bond acceptors (Lipinski definition) is 4. The Bertz CT molecular complexity index is 672. The summed E-state index contributed by atoms with van der Waals surface area (Å²) < 4.78 is 37.3. The summed E-state index contributed by atoms with van der Waals surface area (Å²) in [5.74, 6) is -0.670. The van der Waals surface area contributed by atoms with E-state index in [2.05, 4.69) is 10.2 Å². The molecular weight excluding hydrogens is 315 g/mol. The van der Waals surface area contributed by atoms with Crippen molar-refractivity contribution in [2.45, 2.75) is 18.7 Å². The Hall–Kier alpha value is -2.13. The first-order valence-electron chi connectivity index (χ1n) is 6.89. The number of aliphatic hydroxyl groups excluding tert-OH is 2. The molecule has 0 aliphatic heterocycles. The second-order valence-electron chi connectivity index (χ2n) is 5.09. The van der Waals surface area contributed by atoms with Crippen LogP contribution in [0.15, 0.2) is 24.4 Å². The predicted molar refractivity (Wildman–Crippen MR) is 75.8 cm³/mol. The predicted octanol–water partition coefficient (Wildman–Crippen LogP) is 1.31. The third kappa shape index (κ3) is 4.42. The molecule has 3 N–H and O–H groups in total. The summed E-state index contributed by atoms with van der Waals surface area (Å²) in [7, 11) is 0. The lowest BCUT2D eigenvalue weighted by Crippen LogP contribution is -2.40. The average Bonchev–Trinajstić information content (AvgIpc) is 2.97. The number of para-hydroxylation sites is 1. The first-order valence-corrected chi connectivity index (χ1v) is 6.89. The molecule has 6 nitrogen and oxygen atoms in total. The van der Waals surface area contributed by atoms with Crippen LogP contribution in [-0.2, 0) is 0 Å². The van der Waals surface area contributed by atoms with Crippen LogP contribution in [0.2, 0.25) is 0 Å². The number of aliphatic hydroxyl groups is 2. The number of aromatic nitrogens is 2. The minimum Gasteiger partial charge on any atom is -0.394 e. The van der Waals surface area contributed by atoms with E-state index in [-0.39, 0.29) is 5.56 Å². The molecule has 0 aliphatic carbocycles. The molecule has 1 heterocycles. The highest BCUT2D eigenvalue weighted by Crippen LogP contribution is 2.22. The molecule has 0 saturated carbocycles. The van der Waals surface area contributed by atoms with Crippen molar-refractivity contribution in [2.75, 3.05) is 19.7 Å². The van der Waals surface area contributed by atoms with Crippen molar-refractivity contribution in [3.8, 4) is 0 Å². The fourth-order valence-electron chi connectivity index (χ4n) is 2.17. The Morgan fingerprint density at radius 2 is 2.13 bits per heavy atom. The lowest BCUT2D eigenvalue weighted by Gasteiger charge is -2.25. The quantitative estimate of drug-likeness (QED) is 0.744.